The minimum Gasteiger partial charge on any atom is -0.382 e. The van der Waals surface area contributed by atoms with Crippen LogP contribution in [0.3, 0.4) is 0 Å². The average Bonchev–Trinajstić information content (AvgIpc) is 2.86. The highest BCUT2D eigenvalue weighted by molar-refractivity contribution is 6.11. The van der Waals surface area contributed by atoms with Gasteiger partial charge in [0.25, 0.3) is 5.91 Å². The van der Waals surface area contributed by atoms with Gasteiger partial charge >= 0.3 is 6.03 Å². The molecule has 0 atom stereocenters. The summed E-state index contributed by atoms with van der Waals surface area (Å²) in [5.74, 6) is 0.119. The lowest BCUT2D eigenvalue weighted by atomic mass is 10.1. The molecule has 0 aliphatic heterocycles. The Morgan fingerprint density at radius 2 is 1.39 bits per heavy atom. The fourth-order valence-corrected chi connectivity index (χ4v) is 3.22. The molecule has 0 bridgehead atoms. The number of nitrogen functional groups attached to an aromatic ring is 1. The largest absolute Gasteiger partial charge is 0.382 e. The zero-order valence-corrected chi connectivity index (χ0v) is 17.7. The van der Waals surface area contributed by atoms with Gasteiger partial charge in [-0.1, -0.05) is 36.4 Å². The van der Waals surface area contributed by atoms with Gasteiger partial charge in [-0.25, -0.2) is 9.78 Å². The number of aromatic nitrogens is 2. The maximum atomic E-state index is 13.3. The van der Waals surface area contributed by atoms with Crippen LogP contribution in [0.4, 0.5) is 27.7 Å². The van der Waals surface area contributed by atoms with Crippen molar-refractivity contribution in [3.8, 4) is 0 Å². The first-order valence-corrected chi connectivity index (χ1v) is 10.3. The molecule has 0 aliphatic carbocycles. The van der Waals surface area contributed by atoms with Crippen LogP contribution in [0.15, 0.2) is 97.3 Å². The van der Waals surface area contributed by atoms with Crippen LogP contribution in [0, 0.1) is 0 Å². The number of nitrogens with two attached hydrogens (primary N) is 1. The van der Waals surface area contributed by atoms with Crippen LogP contribution in [0.5, 0.6) is 0 Å². The van der Waals surface area contributed by atoms with Crippen molar-refractivity contribution in [1.29, 1.82) is 0 Å². The van der Waals surface area contributed by atoms with Crippen molar-refractivity contribution in [1.82, 2.24) is 15.3 Å². The van der Waals surface area contributed by atoms with Gasteiger partial charge in [-0.3, -0.25) is 14.7 Å². The predicted octanol–water partition coefficient (Wildman–Crippen LogP) is 4.36. The quantitative estimate of drug-likeness (QED) is 0.414. The normalized spacial score (nSPS) is 10.3. The van der Waals surface area contributed by atoms with E-state index in [0.717, 1.165) is 5.69 Å². The summed E-state index contributed by atoms with van der Waals surface area (Å²) < 4.78 is 0. The monoisotopic (exact) mass is 438 g/mol. The highest BCUT2D eigenvalue weighted by Gasteiger charge is 2.19. The highest BCUT2D eigenvalue weighted by Crippen LogP contribution is 2.28. The summed E-state index contributed by atoms with van der Waals surface area (Å²) in [6.07, 6.45) is 3.00. The molecular weight excluding hydrogens is 416 g/mol. The standard InChI is InChI=1S/C25H22N6O2/c26-23-22(27-15-16-28-23)17-29-25(33)30-19-11-13-21(14-12-19)31(20-9-5-2-6-10-20)24(32)18-7-3-1-4-8-18/h1-16H,17H2,(H2,26,28)(H2,29,30,33). The van der Waals surface area contributed by atoms with Gasteiger partial charge in [-0.05, 0) is 48.5 Å². The van der Waals surface area contributed by atoms with Crippen molar-refractivity contribution in [2.75, 3.05) is 16.0 Å². The van der Waals surface area contributed by atoms with Crippen molar-refractivity contribution in [3.63, 3.8) is 0 Å². The second-order valence-corrected chi connectivity index (χ2v) is 7.08. The van der Waals surface area contributed by atoms with Gasteiger partial charge in [-0.2, -0.15) is 0 Å². The molecule has 0 saturated carbocycles. The molecule has 0 unspecified atom stereocenters. The number of hydrogen-bond donors (Lipinski definition) is 3. The molecule has 0 fully saturated rings. The second kappa shape index (κ2) is 10.1. The van der Waals surface area contributed by atoms with E-state index in [1.165, 1.54) is 12.4 Å². The lowest BCUT2D eigenvalue weighted by Crippen LogP contribution is -2.29. The molecule has 4 N–H and O–H groups in total. The number of para-hydroxylation sites is 1. The maximum absolute atomic E-state index is 13.3. The summed E-state index contributed by atoms with van der Waals surface area (Å²) in [4.78, 5) is 35.2. The van der Waals surface area contributed by atoms with Gasteiger partial charge in [0, 0.05) is 35.0 Å². The van der Waals surface area contributed by atoms with Crippen molar-refractivity contribution >= 4 is 34.8 Å². The number of hydrogen-bond acceptors (Lipinski definition) is 5. The Morgan fingerprint density at radius 1 is 0.788 bits per heavy atom. The van der Waals surface area contributed by atoms with E-state index >= 15 is 0 Å². The van der Waals surface area contributed by atoms with E-state index in [2.05, 4.69) is 20.6 Å². The first-order chi connectivity index (χ1) is 16.1. The number of carbonyl (C=O) groups excluding carboxylic acids is 2. The molecule has 1 aromatic heterocycles. The van der Waals surface area contributed by atoms with E-state index in [-0.39, 0.29) is 18.3 Å². The van der Waals surface area contributed by atoms with Gasteiger partial charge in [0.1, 0.15) is 11.5 Å². The number of rotatable bonds is 6. The summed E-state index contributed by atoms with van der Waals surface area (Å²) in [7, 11) is 0. The third-order valence-corrected chi connectivity index (χ3v) is 4.84. The first-order valence-electron chi connectivity index (χ1n) is 10.3. The zero-order chi connectivity index (χ0) is 23.0. The molecule has 33 heavy (non-hydrogen) atoms. The van der Waals surface area contributed by atoms with Gasteiger partial charge in [-0.15, -0.1) is 0 Å². The van der Waals surface area contributed by atoms with Crippen LogP contribution in [0.1, 0.15) is 16.1 Å². The Hall–Kier alpha value is -4.72. The van der Waals surface area contributed by atoms with E-state index in [1.54, 1.807) is 41.3 Å². The Bertz CT molecular complexity index is 1230. The van der Waals surface area contributed by atoms with Gasteiger partial charge in [0.2, 0.25) is 0 Å². The Labute approximate surface area is 191 Å². The fourth-order valence-electron chi connectivity index (χ4n) is 3.22. The highest BCUT2D eigenvalue weighted by atomic mass is 16.2. The molecule has 0 radical (unpaired) electrons. The SMILES string of the molecule is Nc1nccnc1CNC(=O)Nc1ccc(N(C(=O)c2ccccc2)c2ccccc2)cc1. The zero-order valence-electron chi connectivity index (χ0n) is 17.7. The van der Waals surface area contributed by atoms with Crippen molar-refractivity contribution < 1.29 is 9.59 Å². The van der Waals surface area contributed by atoms with E-state index in [0.29, 0.717) is 22.6 Å². The molecule has 8 heteroatoms. The third-order valence-electron chi connectivity index (χ3n) is 4.84. The lowest BCUT2D eigenvalue weighted by molar-refractivity contribution is 0.0999. The summed E-state index contributed by atoms with van der Waals surface area (Å²) >= 11 is 0. The van der Waals surface area contributed by atoms with Crippen LogP contribution in [-0.4, -0.2) is 21.9 Å². The fraction of sp³-hybridized carbons (Fsp3) is 0.0400. The van der Waals surface area contributed by atoms with Crippen molar-refractivity contribution in [3.05, 3.63) is 109 Å². The van der Waals surface area contributed by atoms with Crippen molar-refractivity contribution in [2.45, 2.75) is 6.54 Å². The Balaban J connectivity index is 1.49. The van der Waals surface area contributed by atoms with Crippen LogP contribution in [0.25, 0.3) is 0 Å². The number of amides is 3. The third kappa shape index (κ3) is 5.31. The number of nitrogens with one attached hydrogen (secondary N) is 2. The molecule has 4 aromatic rings. The topological polar surface area (TPSA) is 113 Å². The van der Waals surface area contributed by atoms with Crippen LogP contribution < -0.4 is 21.3 Å². The van der Waals surface area contributed by atoms with E-state index in [1.807, 2.05) is 48.5 Å². The molecule has 3 aromatic carbocycles. The number of anilines is 4. The number of carbonyl (C=O) groups is 2. The summed E-state index contributed by atoms with van der Waals surface area (Å²) in [5, 5.41) is 5.45. The second-order valence-electron chi connectivity index (χ2n) is 7.08. The molecule has 3 amide bonds. The van der Waals surface area contributed by atoms with Gasteiger partial charge in [0.15, 0.2) is 0 Å². The molecular formula is C25H22N6O2. The van der Waals surface area contributed by atoms with Gasteiger partial charge in [0.05, 0.1) is 6.54 Å². The number of nitrogens with zero attached hydrogens (tertiary/aromatic N) is 3. The minimum absolute atomic E-state index is 0.150. The molecule has 164 valence electrons. The Morgan fingerprint density at radius 3 is 2.06 bits per heavy atom. The maximum Gasteiger partial charge on any atom is 0.319 e. The summed E-state index contributed by atoms with van der Waals surface area (Å²) in [5.41, 5.74) is 8.79. The average molecular weight is 438 g/mol. The molecule has 0 aliphatic rings. The molecule has 8 nitrogen and oxygen atoms in total. The van der Waals surface area contributed by atoms with Crippen LogP contribution in [-0.2, 0) is 6.54 Å². The van der Waals surface area contributed by atoms with E-state index < -0.39 is 6.03 Å². The molecule has 0 saturated heterocycles. The predicted molar refractivity (Wildman–Crippen MR) is 128 cm³/mol. The number of urea groups is 1. The molecule has 0 spiro atoms. The smallest absolute Gasteiger partial charge is 0.319 e. The molecule has 4 rings (SSSR count). The Kier molecular flexibility index (Phi) is 6.56. The minimum atomic E-state index is -0.409. The lowest BCUT2D eigenvalue weighted by Gasteiger charge is -2.23. The van der Waals surface area contributed by atoms with Gasteiger partial charge < -0.3 is 16.4 Å². The van der Waals surface area contributed by atoms with Crippen LogP contribution >= 0.6 is 0 Å². The first kappa shape index (κ1) is 21.5. The number of benzene rings is 3. The van der Waals surface area contributed by atoms with E-state index in [4.69, 9.17) is 5.73 Å². The summed E-state index contributed by atoms with van der Waals surface area (Å²) in [6, 6.07) is 25.1. The van der Waals surface area contributed by atoms with Crippen molar-refractivity contribution in [2.24, 2.45) is 0 Å². The van der Waals surface area contributed by atoms with E-state index in [9.17, 15) is 9.59 Å². The van der Waals surface area contributed by atoms with Crippen LogP contribution in [0.2, 0.25) is 0 Å². The molecule has 1 heterocycles. The summed E-state index contributed by atoms with van der Waals surface area (Å²) in [6.45, 7) is 0.150.